The highest BCUT2D eigenvalue weighted by atomic mass is 19.1. The van der Waals surface area contributed by atoms with Gasteiger partial charge in [0.25, 0.3) is 0 Å². The molecule has 1 unspecified atom stereocenters. The largest absolute Gasteiger partial charge is 0.313 e. The Morgan fingerprint density at radius 2 is 1.57 bits per heavy atom. The van der Waals surface area contributed by atoms with Crippen LogP contribution >= 0.6 is 0 Å². The number of likely N-dealkylation sites (N-methyl/N-ethyl adjacent to an activating group) is 1. The first-order chi connectivity index (χ1) is 9.92. The minimum atomic E-state index is -0.591. The van der Waals surface area contributed by atoms with Gasteiger partial charge in [0.15, 0.2) is 0 Å². The highest BCUT2D eigenvalue weighted by molar-refractivity contribution is 5.38. The van der Waals surface area contributed by atoms with Crippen LogP contribution in [0.1, 0.15) is 28.3 Å². The van der Waals surface area contributed by atoms with Crippen LogP contribution in [0.15, 0.2) is 30.3 Å². The zero-order valence-electron chi connectivity index (χ0n) is 12.3. The Morgan fingerprint density at radius 3 is 2.10 bits per heavy atom. The van der Waals surface area contributed by atoms with E-state index in [1.165, 1.54) is 24.3 Å². The minimum absolute atomic E-state index is 0.162. The molecule has 0 aliphatic rings. The Hall–Kier alpha value is -1.81. The van der Waals surface area contributed by atoms with Gasteiger partial charge in [0, 0.05) is 12.1 Å². The molecule has 2 aromatic carbocycles. The highest BCUT2D eigenvalue weighted by Gasteiger charge is 2.18. The molecule has 0 aliphatic heterocycles. The van der Waals surface area contributed by atoms with Gasteiger partial charge in [0.2, 0.25) is 0 Å². The average Bonchev–Trinajstić information content (AvgIpc) is 2.39. The molecule has 0 spiro atoms. The SMILES string of the molecule is CNC(Cc1ccc(F)cc1F)c1c(C)cc(F)cc1C. The van der Waals surface area contributed by atoms with E-state index in [4.69, 9.17) is 0 Å². The fourth-order valence-corrected chi connectivity index (χ4v) is 2.73. The summed E-state index contributed by atoms with van der Waals surface area (Å²) in [4.78, 5) is 0. The first-order valence-electron chi connectivity index (χ1n) is 6.80. The Balaban J connectivity index is 2.37. The van der Waals surface area contributed by atoms with Gasteiger partial charge in [0.1, 0.15) is 17.5 Å². The number of hydrogen-bond donors (Lipinski definition) is 1. The van der Waals surface area contributed by atoms with Crippen molar-refractivity contribution in [3.8, 4) is 0 Å². The standard InChI is InChI=1S/C17H18F3N/c1-10-6-14(19)7-11(2)17(10)16(21-3)8-12-4-5-13(18)9-15(12)20/h4-7,9,16,21H,8H2,1-3H3. The Morgan fingerprint density at radius 1 is 0.952 bits per heavy atom. The molecule has 0 fully saturated rings. The normalized spacial score (nSPS) is 12.5. The van der Waals surface area contributed by atoms with Crippen LogP contribution in [0.4, 0.5) is 13.2 Å². The summed E-state index contributed by atoms with van der Waals surface area (Å²) in [5.74, 6) is -1.43. The fourth-order valence-electron chi connectivity index (χ4n) is 2.73. The van der Waals surface area contributed by atoms with Gasteiger partial charge < -0.3 is 5.32 Å². The summed E-state index contributed by atoms with van der Waals surface area (Å²) >= 11 is 0. The van der Waals surface area contributed by atoms with E-state index in [2.05, 4.69) is 5.32 Å². The molecule has 1 nitrogen and oxygen atoms in total. The van der Waals surface area contributed by atoms with Gasteiger partial charge in [-0.3, -0.25) is 0 Å². The second kappa shape index (κ2) is 6.31. The monoisotopic (exact) mass is 293 g/mol. The number of halogens is 3. The predicted octanol–water partition coefficient (Wildman–Crippen LogP) is 4.22. The molecule has 0 saturated heterocycles. The summed E-state index contributed by atoms with van der Waals surface area (Å²) in [5.41, 5.74) is 3.00. The van der Waals surface area contributed by atoms with Crippen LogP contribution in [-0.2, 0) is 6.42 Å². The molecule has 0 bridgehead atoms. The molecular formula is C17H18F3N. The molecule has 0 heterocycles. The number of aryl methyl sites for hydroxylation is 2. The van der Waals surface area contributed by atoms with Gasteiger partial charge in [0.05, 0.1) is 0 Å². The molecule has 0 saturated carbocycles. The van der Waals surface area contributed by atoms with E-state index in [0.29, 0.717) is 12.0 Å². The Kier molecular flexibility index (Phi) is 4.68. The molecular weight excluding hydrogens is 275 g/mol. The maximum Gasteiger partial charge on any atom is 0.129 e. The van der Waals surface area contributed by atoms with Crippen LogP contribution in [-0.4, -0.2) is 7.05 Å². The summed E-state index contributed by atoms with van der Waals surface area (Å²) in [6.45, 7) is 3.66. The molecule has 0 amide bonds. The lowest BCUT2D eigenvalue weighted by atomic mass is 9.91. The van der Waals surface area contributed by atoms with Crippen LogP contribution < -0.4 is 5.32 Å². The third-order valence-electron chi connectivity index (χ3n) is 3.69. The molecule has 21 heavy (non-hydrogen) atoms. The van der Waals surface area contributed by atoms with Crippen molar-refractivity contribution in [3.63, 3.8) is 0 Å². The van der Waals surface area contributed by atoms with Gasteiger partial charge >= 0.3 is 0 Å². The molecule has 0 radical (unpaired) electrons. The number of hydrogen-bond acceptors (Lipinski definition) is 1. The lowest BCUT2D eigenvalue weighted by Crippen LogP contribution is -2.21. The molecule has 4 heteroatoms. The summed E-state index contributed by atoms with van der Waals surface area (Å²) in [6.07, 6.45) is 0.371. The quantitative estimate of drug-likeness (QED) is 0.890. The van der Waals surface area contributed by atoms with Crippen molar-refractivity contribution in [3.05, 3.63) is 70.0 Å². The Labute approximate surface area is 122 Å². The summed E-state index contributed by atoms with van der Waals surface area (Å²) in [5, 5.41) is 3.13. The van der Waals surface area contributed by atoms with Crippen molar-refractivity contribution in [2.45, 2.75) is 26.3 Å². The van der Waals surface area contributed by atoms with Gasteiger partial charge in [-0.1, -0.05) is 6.07 Å². The van der Waals surface area contributed by atoms with Crippen LogP contribution in [0.2, 0.25) is 0 Å². The summed E-state index contributed by atoms with van der Waals surface area (Å²) in [6, 6.07) is 6.34. The molecule has 1 atom stereocenters. The lowest BCUT2D eigenvalue weighted by molar-refractivity contribution is 0.536. The second-order valence-corrected chi connectivity index (χ2v) is 5.23. The maximum absolute atomic E-state index is 13.8. The molecule has 2 aromatic rings. The van der Waals surface area contributed by atoms with Crippen molar-refractivity contribution in [2.75, 3.05) is 7.05 Å². The zero-order chi connectivity index (χ0) is 15.6. The third kappa shape index (κ3) is 3.45. The van der Waals surface area contributed by atoms with Gasteiger partial charge in [-0.15, -0.1) is 0 Å². The van der Waals surface area contributed by atoms with E-state index in [1.807, 2.05) is 13.8 Å². The second-order valence-electron chi connectivity index (χ2n) is 5.23. The molecule has 0 aromatic heterocycles. The zero-order valence-corrected chi connectivity index (χ0v) is 12.3. The van der Waals surface area contributed by atoms with Crippen molar-refractivity contribution in [1.29, 1.82) is 0 Å². The number of nitrogens with one attached hydrogen (secondary N) is 1. The average molecular weight is 293 g/mol. The molecule has 0 aliphatic carbocycles. The summed E-state index contributed by atoms with van der Waals surface area (Å²) in [7, 11) is 1.77. The first-order valence-corrected chi connectivity index (χ1v) is 6.80. The smallest absolute Gasteiger partial charge is 0.129 e. The molecule has 1 N–H and O–H groups in total. The van der Waals surface area contributed by atoms with E-state index in [1.54, 1.807) is 7.05 Å². The van der Waals surface area contributed by atoms with Crippen molar-refractivity contribution in [1.82, 2.24) is 5.32 Å². The summed E-state index contributed by atoms with van der Waals surface area (Å²) < 4.78 is 40.2. The molecule has 112 valence electrons. The van der Waals surface area contributed by atoms with E-state index in [9.17, 15) is 13.2 Å². The molecule has 2 rings (SSSR count). The highest BCUT2D eigenvalue weighted by Crippen LogP contribution is 2.27. The van der Waals surface area contributed by atoms with Gasteiger partial charge in [-0.2, -0.15) is 0 Å². The van der Waals surface area contributed by atoms with Crippen LogP contribution in [0, 0.1) is 31.3 Å². The topological polar surface area (TPSA) is 12.0 Å². The van der Waals surface area contributed by atoms with Crippen molar-refractivity contribution < 1.29 is 13.2 Å². The predicted molar refractivity (Wildman–Crippen MR) is 77.7 cm³/mol. The van der Waals surface area contributed by atoms with Crippen molar-refractivity contribution in [2.24, 2.45) is 0 Å². The maximum atomic E-state index is 13.8. The first kappa shape index (κ1) is 15.6. The van der Waals surface area contributed by atoms with E-state index in [0.717, 1.165) is 22.8 Å². The Bertz CT molecular complexity index is 629. The number of benzene rings is 2. The van der Waals surface area contributed by atoms with Crippen LogP contribution in [0.5, 0.6) is 0 Å². The van der Waals surface area contributed by atoms with E-state index < -0.39 is 11.6 Å². The van der Waals surface area contributed by atoms with Crippen molar-refractivity contribution >= 4 is 0 Å². The van der Waals surface area contributed by atoms with Crippen LogP contribution in [0.25, 0.3) is 0 Å². The fraction of sp³-hybridized carbons (Fsp3) is 0.294. The van der Waals surface area contributed by atoms with Crippen LogP contribution in [0.3, 0.4) is 0 Å². The van der Waals surface area contributed by atoms with E-state index in [-0.39, 0.29) is 11.9 Å². The number of rotatable bonds is 4. The van der Waals surface area contributed by atoms with Gasteiger partial charge in [-0.25, -0.2) is 13.2 Å². The minimum Gasteiger partial charge on any atom is -0.313 e. The van der Waals surface area contributed by atoms with E-state index >= 15 is 0 Å². The third-order valence-corrected chi connectivity index (χ3v) is 3.69. The van der Waals surface area contributed by atoms with Gasteiger partial charge in [-0.05, 0) is 67.8 Å². The lowest BCUT2D eigenvalue weighted by Gasteiger charge is -2.22.